The SMILES string of the molecule is C[C@]1(O)CCN(c2cc(-c3cnccc3C#N)ccc2NC(=O)c2ccc(=O)n(-c3c(F)cccc3F)n2)C1. The summed E-state index contributed by atoms with van der Waals surface area (Å²) in [5, 5.41) is 26.8. The van der Waals surface area contributed by atoms with Crippen LogP contribution in [0.4, 0.5) is 20.2 Å². The highest BCUT2D eigenvalue weighted by Gasteiger charge is 2.33. The fourth-order valence-corrected chi connectivity index (χ4v) is 4.51. The van der Waals surface area contributed by atoms with Gasteiger partial charge in [0.1, 0.15) is 11.4 Å². The number of hydrogen-bond acceptors (Lipinski definition) is 7. The van der Waals surface area contributed by atoms with E-state index in [0.29, 0.717) is 52.3 Å². The Balaban J connectivity index is 1.53. The number of pyridine rings is 1. The van der Waals surface area contributed by atoms with Crippen molar-refractivity contribution in [2.75, 3.05) is 23.3 Å². The second-order valence-corrected chi connectivity index (χ2v) is 9.43. The van der Waals surface area contributed by atoms with Crippen molar-refractivity contribution in [1.29, 1.82) is 5.26 Å². The molecule has 5 rings (SSSR count). The smallest absolute Gasteiger partial charge is 0.276 e. The Bertz CT molecular complexity index is 1680. The van der Waals surface area contributed by atoms with Gasteiger partial charge in [0.15, 0.2) is 11.6 Å². The van der Waals surface area contributed by atoms with Crippen molar-refractivity contribution in [3.63, 3.8) is 0 Å². The van der Waals surface area contributed by atoms with Gasteiger partial charge in [-0.25, -0.2) is 8.78 Å². The summed E-state index contributed by atoms with van der Waals surface area (Å²) < 4.78 is 29.2. The number of amides is 1. The Hall–Kier alpha value is -4.95. The van der Waals surface area contributed by atoms with Crippen LogP contribution in [0.25, 0.3) is 16.8 Å². The van der Waals surface area contributed by atoms with E-state index >= 15 is 0 Å². The molecule has 0 aliphatic carbocycles. The molecule has 1 amide bonds. The van der Waals surface area contributed by atoms with E-state index in [1.165, 1.54) is 6.20 Å². The number of nitrogens with zero attached hydrogens (tertiary/aromatic N) is 5. The molecule has 196 valence electrons. The summed E-state index contributed by atoms with van der Waals surface area (Å²) in [6.45, 7) is 2.53. The molecular formula is C28H22F2N6O3. The number of carbonyl (C=O) groups is 1. The molecular weight excluding hydrogens is 506 g/mol. The maximum Gasteiger partial charge on any atom is 0.276 e. The van der Waals surface area contributed by atoms with E-state index in [1.807, 2.05) is 4.90 Å². The number of β-amino-alcohol motifs (C(OH)–C–C–N with tert-alkyl or cyclic N) is 1. The number of nitriles is 1. The van der Waals surface area contributed by atoms with Crippen LogP contribution in [0.2, 0.25) is 0 Å². The predicted octanol–water partition coefficient (Wildman–Crippen LogP) is 3.66. The lowest BCUT2D eigenvalue weighted by atomic mass is 10.0. The summed E-state index contributed by atoms with van der Waals surface area (Å²) in [4.78, 5) is 31.6. The molecule has 39 heavy (non-hydrogen) atoms. The molecule has 0 saturated carbocycles. The highest BCUT2D eigenvalue weighted by molar-refractivity contribution is 6.05. The molecule has 1 saturated heterocycles. The molecule has 9 nitrogen and oxygen atoms in total. The number of hydrogen-bond donors (Lipinski definition) is 2. The lowest BCUT2D eigenvalue weighted by Gasteiger charge is -2.24. The van der Waals surface area contributed by atoms with Crippen LogP contribution >= 0.6 is 0 Å². The first-order valence-corrected chi connectivity index (χ1v) is 12.0. The largest absolute Gasteiger partial charge is 0.388 e. The molecule has 3 heterocycles. The van der Waals surface area contributed by atoms with E-state index < -0.39 is 34.4 Å². The number of carbonyl (C=O) groups excluding carboxylic acids is 1. The first-order chi connectivity index (χ1) is 18.7. The van der Waals surface area contributed by atoms with Gasteiger partial charge in [0.2, 0.25) is 0 Å². The van der Waals surface area contributed by atoms with Crippen molar-refractivity contribution >= 4 is 17.3 Å². The third-order valence-corrected chi connectivity index (χ3v) is 6.47. The summed E-state index contributed by atoms with van der Waals surface area (Å²) in [7, 11) is 0. The van der Waals surface area contributed by atoms with Gasteiger partial charge >= 0.3 is 0 Å². The monoisotopic (exact) mass is 528 g/mol. The highest BCUT2D eigenvalue weighted by Crippen LogP contribution is 2.36. The van der Waals surface area contributed by atoms with Gasteiger partial charge in [0, 0.05) is 37.1 Å². The summed E-state index contributed by atoms with van der Waals surface area (Å²) in [5.41, 5.74) is -0.0276. The maximum absolute atomic E-state index is 14.3. The van der Waals surface area contributed by atoms with Gasteiger partial charge in [-0.1, -0.05) is 12.1 Å². The Labute approximate surface area is 221 Å². The predicted molar refractivity (Wildman–Crippen MR) is 140 cm³/mol. The van der Waals surface area contributed by atoms with Crippen molar-refractivity contribution in [3.05, 3.63) is 100 Å². The minimum absolute atomic E-state index is 0.250. The quantitative estimate of drug-likeness (QED) is 0.405. The number of anilines is 2. The number of aliphatic hydroxyl groups is 1. The summed E-state index contributed by atoms with van der Waals surface area (Å²) in [6, 6.07) is 14.2. The van der Waals surface area contributed by atoms with Crippen molar-refractivity contribution in [2.45, 2.75) is 18.9 Å². The van der Waals surface area contributed by atoms with Gasteiger partial charge in [0.25, 0.3) is 11.5 Å². The third-order valence-electron chi connectivity index (χ3n) is 6.47. The summed E-state index contributed by atoms with van der Waals surface area (Å²) >= 11 is 0. The molecule has 2 aromatic heterocycles. The molecule has 4 aromatic rings. The van der Waals surface area contributed by atoms with Crippen LogP contribution in [0.3, 0.4) is 0 Å². The van der Waals surface area contributed by atoms with E-state index in [-0.39, 0.29) is 5.69 Å². The first kappa shape index (κ1) is 25.7. The molecule has 1 fully saturated rings. The Kier molecular flexibility index (Phi) is 6.64. The number of nitrogens with one attached hydrogen (secondary N) is 1. The van der Waals surface area contributed by atoms with Gasteiger partial charge in [-0.05, 0) is 55.3 Å². The number of aromatic nitrogens is 3. The Morgan fingerprint density at radius 2 is 1.92 bits per heavy atom. The first-order valence-electron chi connectivity index (χ1n) is 12.0. The molecule has 1 atom stereocenters. The number of halogens is 2. The van der Waals surface area contributed by atoms with Crippen molar-refractivity contribution in [3.8, 4) is 22.9 Å². The lowest BCUT2D eigenvalue weighted by Crippen LogP contribution is -2.30. The molecule has 0 unspecified atom stereocenters. The minimum atomic E-state index is -1.01. The van der Waals surface area contributed by atoms with E-state index in [4.69, 9.17) is 0 Å². The number of rotatable bonds is 5. The van der Waals surface area contributed by atoms with Gasteiger partial charge in [-0.2, -0.15) is 15.0 Å². The van der Waals surface area contributed by atoms with Gasteiger partial charge in [-0.15, -0.1) is 0 Å². The average molecular weight is 529 g/mol. The van der Waals surface area contributed by atoms with Crippen molar-refractivity contribution in [1.82, 2.24) is 14.8 Å². The van der Waals surface area contributed by atoms with Gasteiger partial charge in [0.05, 0.1) is 28.6 Å². The number of benzene rings is 2. The molecule has 0 radical (unpaired) electrons. The molecule has 1 aliphatic heterocycles. The lowest BCUT2D eigenvalue weighted by molar-refractivity contribution is 0.0839. The second-order valence-electron chi connectivity index (χ2n) is 9.43. The van der Waals surface area contributed by atoms with Gasteiger partial charge in [-0.3, -0.25) is 14.6 Å². The Morgan fingerprint density at radius 1 is 1.15 bits per heavy atom. The highest BCUT2D eigenvalue weighted by atomic mass is 19.1. The molecule has 11 heteroatoms. The summed E-state index contributed by atoms with van der Waals surface area (Å²) in [5.74, 6) is -2.74. The topological polar surface area (TPSA) is 124 Å². The fraction of sp³-hybridized carbons (Fsp3) is 0.179. The third kappa shape index (κ3) is 5.10. The van der Waals surface area contributed by atoms with Crippen LogP contribution in [-0.2, 0) is 0 Å². The maximum atomic E-state index is 14.3. The summed E-state index contributed by atoms with van der Waals surface area (Å²) in [6.07, 6.45) is 3.60. The van der Waals surface area contributed by atoms with Crippen LogP contribution in [0.1, 0.15) is 29.4 Å². The second kappa shape index (κ2) is 10.1. The van der Waals surface area contributed by atoms with E-state index in [0.717, 1.165) is 30.3 Å². The standard InChI is InChI=1S/C28H22F2N6O3/c1-28(39)10-12-35(16-28)24-13-17(19-15-32-11-9-18(19)14-31)5-6-22(24)33-27(38)23-7-8-25(37)36(34-23)26-20(29)3-2-4-21(26)30/h2-9,11,13,15,39H,10,12,16H2,1H3,(H,33,38)/t28-/m0/s1. The molecule has 1 aliphatic rings. The minimum Gasteiger partial charge on any atom is -0.388 e. The van der Waals surface area contributed by atoms with Crippen LogP contribution < -0.4 is 15.8 Å². The average Bonchev–Trinajstić information content (AvgIpc) is 3.29. The van der Waals surface area contributed by atoms with Crippen LogP contribution in [0, 0.1) is 23.0 Å². The van der Waals surface area contributed by atoms with E-state index in [9.17, 15) is 28.7 Å². The normalized spacial score (nSPS) is 16.6. The fourth-order valence-electron chi connectivity index (χ4n) is 4.51. The van der Waals surface area contributed by atoms with Crippen molar-refractivity contribution < 1.29 is 18.7 Å². The van der Waals surface area contributed by atoms with Crippen LogP contribution in [-0.4, -0.2) is 44.5 Å². The molecule has 0 bridgehead atoms. The Morgan fingerprint density at radius 3 is 2.62 bits per heavy atom. The van der Waals surface area contributed by atoms with Crippen LogP contribution in [0.5, 0.6) is 0 Å². The van der Waals surface area contributed by atoms with E-state index in [1.54, 1.807) is 37.4 Å². The van der Waals surface area contributed by atoms with Gasteiger partial charge < -0.3 is 15.3 Å². The number of para-hydroxylation sites is 1. The molecule has 0 spiro atoms. The zero-order chi connectivity index (χ0) is 27.7. The zero-order valence-electron chi connectivity index (χ0n) is 20.7. The zero-order valence-corrected chi connectivity index (χ0v) is 20.7. The van der Waals surface area contributed by atoms with E-state index in [2.05, 4.69) is 21.5 Å². The van der Waals surface area contributed by atoms with Crippen LogP contribution in [0.15, 0.2) is 71.8 Å². The molecule has 2 aromatic carbocycles. The molecule has 2 N–H and O–H groups in total. The van der Waals surface area contributed by atoms with Crippen molar-refractivity contribution in [2.24, 2.45) is 0 Å².